The maximum atomic E-state index is 14.4. The molecule has 0 unspecified atom stereocenters. The van der Waals surface area contributed by atoms with Gasteiger partial charge >= 0.3 is 0 Å². The number of ether oxygens (including phenoxy) is 3. The Bertz CT molecular complexity index is 1440. The smallest absolute Gasteiger partial charge is 0.261 e. The van der Waals surface area contributed by atoms with Gasteiger partial charge in [-0.05, 0) is 103 Å². The van der Waals surface area contributed by atoms with E-state index < -0.39 is 22.0 Å². The van der Waals surface area contributed by atoms with Crippen LogP contribution in [-0.4, -0.2) is 119 Å². The van der Waals surface area contributed by atoms with E-state index in [2.05, 4.69) is 4.72 Å². The molecular formula is C35H54N4O8S. The monoisotopic (exact) mass is 690 g/mol. The van der Waals surface area contributed by atoms with Gasteiger partial charge in [0.05, 0.1) is 42.4 Å². The fraction of sp³-hybridized carbons (Fsp3) is 0.600. The molecule has 268 valence electrons. The van der Waals surface area contributed by atoms with E-state index in [-0.39, 0.29) is 53.3 Å². The van der Waals surface area contributed by atoms with Crippen molar-refractivity contribution in [3.8, 4) is 11.5 Å². The van der Waals surface area contributed by atoms with Crippen molar-refractivity contribution in [2.45, 2.75) is 76.0 Å². The van der Waals surface area contributed by atoms with Gasteiger partial charge in [0.1, 0.15) is 11.5 Å². The van der Waals surface area contributed by atoms with Crippen molar-refractivity contribution >= 4 is 27.5 Å². The summed E-state index contributed by atoms with van der Waals surface area (Å²) in [6, 6.07) is 10.1. The highest BCUT2D eigenvalue weighted by molar-refractivity contribution is 7.92. The second kappa shape index (κ2) is 18.4. The number of benzene rings is 2. The molecule has 2 aromatic rings. The van der Waals surface area contributed by atoms with Crippen LogP contribution < -0.4 is 14.2 Å². The van der Waals surface area contributed by atoms with Gasteiger partial charge < -0.3 is 34.0 Å². The van der Waals surface area contributed by atoms with Crippen LogP contribution in [0, 0.1) is 5.92 Å². The first-order valence-electron chi connectivity index (χ1n) is 16.6. The van der Waals surface area contributed by atoms with Gasteiger partial charge in [0.25, 0.3) is 15.9 Å². The predicted octanol–water partition coefficient (Wildman–Crippen LogP) is 4.09. The van der Waals surface area contributed by atoms with Gasteiger partial charge in [-0.3, -0.25) is 14.3 Å². The molecule has 1 heterocycles. The van der Waals surface area contributed by atoms with E-state index >= 15 is 0 Å². The second-order valence-electron chi connectivity index (χ2n) is 13.0. The van der Waals surface area contributed by atoms with Crippen molar-refractivity contribution in [3.05, 3.63) is 48.0 Å². The molecule has 2 N–H and O–H groups in total. The van der Waals surface area contributed by atoms with Gasteiger partial charge in [0.2, 0.25) is 5.91 Å². The minimum atomic E-state index is -3.98. The number of anilines is 1. The van der Waals surface area contributed by atoms with Crippen molar-refractivity contribution < 1.29 is 37.3 Å². The zero-order chi connectivity index (χ0) is 35.4. The molecule has 48 heavy (non-hydrogen) atoms. The fourth-order valence-electron chi connectivity index (χ4n) is 5.53. The third-order valence-corrected chi connectivity index (χ3v) is 9.95. The van der Waals surface area contributed by atoms with Crippen molar-refractivity contribution in [1.29, 1.82) is 0 Å². The summed E-state index contributed by atoms with van der Waals surface area (Å²) >= 11 is 0. The van der Waals surface area contributed by atoms with Gasteiger partial charge in [-0.15, -0.1) is 0 Å². The number of aliphatic hydroxyl groups excluding tert-OH is 1. The summed E-state index contributed by atoms with van der Waals surface area (Å²) in [5, 5.41) is 10.2. The third-order valence-electron chi connectivity index (χ3n) is 8.55. The molecular weight excluding hydrogens is 636 g/mol. The fourth-order valence-corrected chi connectivity index (χ4v) is 6.58. The van der Waals surface area contributed by atoms with Gasteiger partial charge in [0, 0.05) is 44.8 Å². The van der Waals surface area contributed by atoms with Crippen LogP contribution in [0.15, 0.2) is 47.4 Å². The normalized spacial score (nSPS) is 20.3. The number of aliphatic hydroxyl groups is 1. The molecule has 3 rings (SSSR count). The van der Waals surface area contributed by atoms with Crippen LogP contribution in [0.25, 0.3) is 0 Å². The first kappa shape index (κ1) is 39.1. The number of carbonyl (C=O) groups excluding carboxylic acids is 2. The molecule has 0 fully saturated rings. The number of sulfonamides is 1. The number of hydrogen-bond donors (Lipinski definition) is 2. The molecule has 0 aliphatic carbocycles. The van der Waals surface area contributed by atoms with E-state index in [0.717, 1.165) is 25.8 Å². The van der Waals surface area contributed by atoms with Crippen LogP contribution in [0.5, 0.6) is 11.5 Å². The lowest BCUT2D eigenvalue weighted by atomic mass is 10.0. The summed E-state index contributed by atoms with van der Waals surface area (Å²) < 4.78 is 46.8. The second-order valence-corrected chi connectivity index (χ2v) is 14.7. The Morgan fingerprint density at radius 3 is 2.48 bits per heavy atom. The van der Waals surface area contributed by atoms with Gasteiger partial charge in [-0.2, -0.15) is 0 Å². The van der Waals surface area contributed by atoms with Gasteiger partial charge in [-0.25, -0.2) is 8.42 Å². The first-order valence-corrected chi connectivity index (χ1v) is 18.1. The topological polar surface area (TPSA) is 138 Å². The lowest BCUT2D eigenvalue weighted by Gasteiger charge is -2.36. The molecule has 0 saturated carbocycles. The average molecular weight is 691 g/mol. The quantitative estimate of drug-likeness (QED) is 0.337. The van der Waals surface area contributed by atoms with Crippen molar-refractivity contribution in [2.75, 3.05) is 65.8 Å². The van der Waals surface area contributed by atoms with E-state index in [0.29, 0.717) is 37.5 Å². The molecule has 4 atom stereocenters. The molecule has 2 aromatic carbocycles. The highest BCUT2D eigenvalue weighted by Gasteiger charge is 2.31. The lowest BCUT2D eigenvalue weighted by molar-refractivity contribution is -0.132. The Kier molecular flexibility index (Phi) is 15.0. The molecule has 0 spiro atoms. The third kappa shape index (κ3) is 11.4. The largest absolute Gasteiger partial charge is 0.497 e. The number of likely N-dealkylation sites (N-methyl/N-ethyl adjacent to an activating group) is 1. The van der Waals surface area contributed by atoms with E-state index in [4.69, 9.17) is 14.2 Å². The molecule has 12 nitrogen and oxygen atoms in total. The molecule has 13 heteroatoms. The number of rotatable bonds is 12. The SMILES string of the molecule is COc1ccc(S(=O)(=O)Nc2ccc3c(c2)C(=O)N([C@@H](C)CO)C[C@@H](C)[C@H](CN(C)C(=O)CCCN(C)C)OCCCC[C@@H](C)O3)cc1. The summed E-state index contributed by atoms with van der Waals surface area (Å²) in [4.78, 5) is 32.7. The van der Waals surface area contributed by atoms with Crippen LogP contribution in [-0.2, 0) is 19.6 Å². The molecule has 0 saturated heterocycles. The minimum absolute atomic E-state index is 0.0354. The van der Waals surface area contributed by atoms with Crippen molar-refractivity contribution in [2.24, 2.45) is 5.92 Å². The van der Waals surface area contributed by atoms with E-state index in [1.807, 2.05) is 32.8 Å². The maximum absolute atomic E-state index is 14.4. The van der Waals surface area contributed by atoms with Crippen molar-refractivity contribution in [3.63, 3.8) is 0 Å². The zero-order valence-corrected chi connectivity index (χ0v) is 30.3. The van der Waals surface area contributed by atoms with Gasteiger partial charge in [-0.1, -0.05) is 6.92 Å². The summed E-state index contributed by atoms with van der Waals surface area (Å²) in [5.74, 6) is 0.266. The standard InChI is InChI=1S/C35H54N4O8S/c1-25-22-39(26(2)24-40)35(42)31-21-28(36-48(43,44)30-16-14-29(45-7)15-17-30)13-18-32(31)47-27(3)11-8-9-20-46-33(25)23-38(6)34(41)12-10-19-37(4)5/h13-18,21,25-27,33,36,40H,8-12,19-20,22-24H2,1-7H3/t25-,26+,27-,33+/m1/s1. The molecule has 0 aromatic heterocycles. The number of hydrogen-bond acceptors (Lipinski definition) is 9. The van der Waals surface area contributed by atoms with Crippen molar-refractivity contribution in [1.82, 2.24) is 14.7 Å². The summed E-state index contributed by atoms with van der Waals surface area (Å²) in [6.07, 6.45) is 2.94. The highest BCUT2D eigenvalue weighted by atomic mass is 32.2. The number of nitrogens with zero attached hydrogens (tertiary/aromatic N) is 3. The first-order chi connectivity index (χ1) is 22.7. The van der Waals surface area contributed by atoms with E-state index in [1.54, 1.807) is 48.0 Å². The van der Waals surface area contributed by atoms with Crippen LogP contribution in [0.4, 0.5) is 5.69 Å². The summed E-state index contributed by atoms with van der Waals surface area (Å²) in [5.41, 5.74) is 0.363. The van der Waals surface area contributed by atoms with Crippen LogP contribution in [0.3, 0.4) is 0 Å². The molecule has 1 aliphatic rings. The molecule has 2 amide bonds. The van der Waals surface area contributed by atoms with Crippen LogP contribution in [0.1, 0.15) is 63.2 Å². The van der Waals surface area contributed by atoms with E-state index in [9.17, 15) is 23.1 Å². The molecule has 0 radical (unpaired) electrons. The molecule has 1 aliphatic heterocycles. The number of methoxy groups -OCH3 is 1. The summed E-state index contributed by atoms with van der Waals surface area (Å²) in [7, 11) is 3.25. The Hall–Kier alpha value is -3.39. The Labute approximate surface area is 286 Å². The average Bonchev–Trinajstić information content (AvgIpc) is 3.05. The lowest BCUT2D eigenvalue weighted by Crippen LogP contribution is -2.48. The maximum Gasteiger partial charge on any atom is 0.261 e. The Morgan fingerprint density at radius 1 is 1.12 bits per heavy atom. The predicted molar refractivity (Wildman–Crippen MR) is 186 cm³/mol. The molecule has 0 bridgehead atoms. The van der Waals surface area contributed by atoms with Gasteiger partial charge in [0.15, 0.2) is 0 Å². The van der Waals surface area contributed by atoms with E-state index in [1.165, 1.54) is 25.3 Å². The van der Waals surface area contributed by atoms with Crippen LogP contribution >= 0.6 is 0 Å². The number of carbonyl (C=O) groups is 2. The minimum Gasteiger partial charge on any atom is -0.497 e. The Balaban J connectivity index is 1.93. The number of nitrogens with one attached hydrogen (secondary N) is 1. The highest BCUT2D eigenvalue weighted by Crippen LogP contribution is 2.30. The number of fused-ring (bicyclic) bond motifs is 1. The number of amides is 2. The van der Waals surface area contributed by atoms with Crippen LogP contribution in [0.2, 0.25) is 0 Å². The Morgan fingerprint density at radius 2 is 1.83 bits per heavy atom. The summed E-state index contributed by atoms with van der Waals surface area (Å²) in [6.45, 7) is 7.29. The zero-order valence-electron chi connectivity index (χ0n) is 29.5.